The Kier molecular flexibility index (Phi) is 2.17. The average molecular weight is 177 g/mol. The molecule has 0 saturated heterocycles. The fourth-order valence-corrected chi connectivity index (χ4v) is 1.18. The lowest BCUT2D eigenvalue weighted by molar-refractivity contribution is 0.491. The maximum Gasteiger partial charge on any atom is 0.194 e. The summed E-state index contributed by atoms with van der Waals surface area (Å²) in [6, 6.07) is 1.87. The van der Waals surface area contributed by atoms with Gasteiger partial charge in [0.1, 0.15) is 12.0 Å². The molecule has 0 unspecified atom stereocenters. The van der Waals surface area contributed by atoms with Gasteiger partial charge >= 0.3 is 0 Å². The zero-order valence-electron chi connectivity index (χ0n) is 7.49. The zero-order valence-corrected chi connectivity index (χ0v) is 7.49. The van der Waals surface area contributed by atoms with Crippen molar-refractivity contribution in [3.63, 3.8) is 0 Å². The third-order valence-corrected chi connectivity index (χ3v) is 1.83. The molecule has 2 rings (SSSR count). The smallest absolute Gasteiger partial charge is 0.194 e. The van der Waals surface area contributed by atoms with Crippen molar-refractivity contribution in [2.24, 2.45) is 0 Å². The molecule has 0 saturated carbocycles. The van der Waals surface area contributed by atoms with E-state index in [2.05, 4.69) is 11.9 Å². The van der Waals surface area contributed by atoms with Gasteiger partial charge < -0.3 is 8.83 Å². The van der Waals surface area contributed by atoms with Gasteiger partial charge in [0.25, 0.3) is 0 Å². The van der Waals surface area contributed by atoms with Crippen LogP contribution in [0.25, 0.3) is 11.3 Å². The molecule has 0 amide bonds. The highest BCUT2D eigenvalue weighted by atomic mass is 16.3. The van der Waals surface area contributed by atoms with Crippen molar-refractivity contribution in [3.8, 4) is 11.3 Å². The van der Waals surface area contributed by atoms with E-state index >= 15 is 0 Å². The normalized spacial score (nSPS) is 10.5. The highest BCUT2D eigenvalue weighted by Gasteiger charge is 2.05. The minimum Gasteiger partial charge on any atom is -0.472 e. The van der Waals surface area contributed by atoms with Gasteiger partial charge in [-0.2, -0.15) is 0 Å². The largest absolute Gasteiger partial charge is 0.472 e. The van der Waals surface area contributed by atoms with Gasteiger partial charge in [-0.3, -0.25) is 0 Å². The van der Waals surface area contributed by atoms with E-state index in [0.29, 0.717) is 0 Å². The minimum absolute atomic E-state index is 0.790. The Morgan fingerprint density at radius 1 is 1.38 bits per heavy atom. The summed E-state index contributed by atoms with van der Waals surface area (Å²) in [7, 11) is 0. The van der Waals surface area contributed by atoms with Crippen LogP contribution >= 0.6 is 0 Å². The first-order valence-corrected chi connectivity index (χ1v) is 4.37. The second-order valence-corrected chi connectivity index (χ2v) is 2.89. The van der Waals surface area contributed by atoms with Crippen LogP contribution in [-0.4, -0.2) is 4.98 Å². The van der Waals surface area contributed by atoms with E-state index < -0.39 is 0 Å². The summed E-state index contributed by atoms with van der Waals surface area (Å²) >= 11 is 0. The van der Waals surface area contributed by atoms with E-state index in [0.717, 1.165) is 30.0 Å². The lowest BCUT2D eigenvalue weighted by Crippen LogP contribution is -1.81. The van der Waals surface area contributed by atoms with E-state index in [4.69, 9.17) is 8.83 Å². The molecular formula is C10H11NO2. The van der Waals surface area contributed by atoms with Crippen LogP contribution in [0.1, 0.15) is 19.2 Å². The van der Waals surface area contributed by atoms with Crippen molar-refractivity contribution in [2.75, 3.05) is 0 Å². The minimum atomic E-state index is 0.790. The summed E-state index contributed by atoms with van der Waals surface area (Å²) in [4.78, 5) is 4.32. The number of furan rings is 1. The van der Waals surface area contributed by atoms with Crippen LogP contribution in [0.4, 0.5) is 0 Å². The third-order valence-electron chi connectivity index (χ3n) is 1.83. The second kappa shape index (κ2) is 3.47. The average Bonchev–Trinajstić information content (AvgIpc) is 2.70. The predicted molar refractivity (Wildman–Crippen MR) is 48.2 cm³/mol. The summed E-state index contributed by atoms with van der Waals surface area (Å²) < 4.78 is 10.2. The van der Waals surface area contributed by atoms with Crippen LogP contribution in [-0.2, 0) is 6.42 Å². The van der Waals surface area contributed by atoms with Crippen LogP contribution < -0.4 is 0 Å². The van der Waals surface area contributed by atoms with Gasteiger partial charge in [-0.25, -0.2) is 4.98 Å². The van der Waals surface area contributed by atoms with Crippen molar-refractivity contribution in [2.45, 2.75) is 19.8 Å². The fraction of sp³-hybridized carbons (Fsp3) is 0.300. The number of hydrogen-bond acceptors (Lipinski definition) is 3. The summed E-state index contributed by atoms with van der Waals surface area (Å²) in [5, 5.41) is 0. The second-order valence-electron chi connectivity index (χ2n) is 2.89. The zero-order chi connectivity index (χ0) is 9.10. The number of rotatable bonds is 3. The predicted octanol–water partition coefficient (Wildman–Crippen LogP) is 2.89. The van der Waals surface area contributed by atoms with Crippen molar-refractivity contribution >= 4 is 0 Å². The van der Waals surface area contributed by atoms with Crippen molar-refractivity contribution in [1.29, 1.82) is 0 Å². The Labute approximate surface area is 76.4 Å². The third kappa shape index (κ3) is 1.64. The summed E-state index contributed by atoms with van der Waals surface area (Å²) in [6.07, 6.45) is 6.89. The number of aromatic nitrogens is 1. The fourth-order valence-electron chi connectivity index (χ4n) is 1.18. The Morgan fingerprint density at radius 3 is 3.00 bits per heavy atom. The van der Waals surface area contributed by atoms with E-state index in [1.807, 2.05) is 6.07 Å². The monoisotopic (exact) mass is 177 g/mol. The molecule has 0 aliphatic carbocycles. The van der Waals surface area contributed by atoms with Gasteiger partial charge in [0, 0.05) is 12.0 Å². The molecule has 2 aromatic rings. The molecule has 2 aromatic heterocycles. The molecule has 0 N–H and O–H groups in total. The first-order valence-electron chi connectivity index (χ1n) is 4.37. The molecule has 0 radical (unpaired) electrons. The van der Waals surface area contributed by atoms with Gasteiger partial charge in [-0.1, -0.05) is 6.92 Å². The number of aryl methyl sites for hydroxylation is 1. The quantitative estimate of drug-likeness (QED) is 0.723. The van der Waals surface area contributed by atoms with E-state index in [-0.39, 0.29) is 0 Å². The van der Waals surface area contributed by atoms with Gasteiger partial charge in [-0.05, 0) is 12.5 Å². The summed E-state index contributed by atoms with van der Waals surface area (Å²) in [5.41, 5.74) is 1.81. The van der Waals surface area contributed by atoms with Crippen LogP contribution in [0.5, 0.6) is 0 Å². The molecule has 0 fully saturated rings. The molecule has 2 heterocycles. The Morgan fingerprint density at radius 2 is 2.31 bits per heavy atom. The topological polar surface area (TPSA) is 39.2 Å². The lowest BCUT2D eigenvalue weighted by Gasteiger charge is -1.86. The molecule has 0 bridgehead atoms. The number of nitrogens with zero attached hydrogens (tertiary/aromatic N) is 1. The molecule has 0 atom stereocenters. The Bertz CT molecular complexity index is 362. The summed E-state index contributed by atoms with van der Waals surface area (Å²) in [5.74, 6) is 0.790. The van der Waals surface area contributed by atoms with E-state index in [1.165, 1.54) is 0 Å². The Hall–Kier alpha value is -1.51. The van der Waals surface area contributed by atoms with Crippen LogP contribution in [0.15, 0.2) is 33.7 Å². The van der Waals surface area contributed by atoms with Crippen molar-refractivity contribution in [1.82, 2.24) is 4.98 Å². The molecule has 0 aromatic carbocycles. The number of hydrogen-bond donors (Lipinski definition) is 0. The van der Waals surface area contributed by atoms with Crippen LogP contribution in [0, 0.1) is 0 Å². The maximum absolute atomic E-state index is 5.28. The van der Waals surface area contributed by atoms with Crippen LogP contribution in [0.3, 0.4) is 0 Å². The SMILES string of the molecule is CCCc1nc(-c2ccoc2)co1. The first kappa shape index (κ1) is 8.10. The molecule has 13 heavy (non-hydrogen) atoms. The highest BCUT2D eigenvalue weighted by Crippen LogP contribution is 2.18. The van der Waals surface area contributed by atoms with Gasteiger partial charge in [0.15, 0.2) is 5.89 Å². The Balaban J connectivity index is 2.23. The highest BCUT2D eigenvalue weighted by molar-refractivity contribution is 5.55. The first-order chi connectivity index (χ1) is 6.40. The van der Waals surface area contributed by atoms with Crippen molar-refractivity contribution in [3.05, 3.63) is 30.7 Å². The standard InChI is InChI=1S/C10H11NO2/c1-2-3-10-11-9(7-13-10)8-4-5-12-6-8/h4-7H,2-3H2,1H3. The van der Waals surface area contributed by atoms with Crippen LogP contribution in [0.2, 0.25) is 0 Å². The van der Waals surface area contributed by atoms with E-state index in [9.17, 15) is 0 Å². The molecule has 3 heteroatoms. The van der Waals surface area contributed by atoms with E-state index in [1.54, 1.807) is 18.8 Å². The van der Waals surface area contributed by atoms with Crippen molar-refractivity contribution < 1.29 is 8.83 Å². The number of oxazole rings is 1. The molecule has 0 aliphatic rings. The lowest BCUT2D eigenvalue weighted by atomic mass is 10.3. The van der Waals surface area contributed by atoms with Gasteiger partial charge in [0.2, 0.25) is 0 Å². The molecule has 0 spiro atoms. The molecule has 68 valence electrons. The van der Waals surface area contributed by atoms with Gasteiger partial charge in [0.05, 0.1) is 12.5 Å². The maximum atomic E-state index is 5.28. The molecule has 0 aliphatic heterocycles. The molecular weight excluding hydrogens is 166 g/mol. The molecule has 3 nitrogen and oxygen atoms in total. The van der Waals surface area contributed by atoms with Gasteiger partial charge in [-0.15, -0.1) is 0 Å². The summed E-state index contributed by atoms with van der Waals surface area (Å²) in [6.45, 7) is 2.10.